The quantitative estimate of drug-likeness (QED) is 0.881. The zero-order valence-corrected chi connectivity index (χ0v) is 12.8. The van der Waals surface area contributed by atoms with Gasteiger partial charge in [0.2, 0.25) is 0 Å². The molecule has 1 fully saturated rings. The number of nitrogens with two attached hydrogens (primary N) is 1. The van der Waals surface area contributed by atoms with E-state index in [0.717, 1.165) is 13.1 Å². The predicted octanol–water partition coefficient (Wildman–Crippen LogP) is 1.44. The average molecular weight is 310 g/mol. The van der Waals surface area contributed by atoms with Crippen LogP contribution in [0.25, 0.3) is 0 Å². The van der Waals surface area contributed by atoms with Crippen molar-refractivity contribution in [3.63, 3.8) is 0 Å². The van der Waals surface area contributed by atoms with Crippen LogP contribution in [0.15, 0.2) is 12.1 Å². The molecule has 3 unspecified atom stereocenters. The number of rotatable bonds is 4. The molecule has 0 bridgehead atoms. The third-order valence-electron chi connectivity index (χ3n) is 4.24. The minimum absolute atomic E-state index is 0.113. The van der Waals surface area contributed by atoms with Crippen LogP contribution in [0.5, 0.6) is 11.5 Å². The summed E-state index contributed by atoms with van der Waals surface area (Å²) >= 11 is 0. The van der Waals surface area contributed by atoms with Crippen LogP contribution >= 0.6 is 0 Å². The van der Waals surface area contributed by atoms with E-state index in [0.29, 0.717) is 24.5 Å². The molecule has 3 N–H and O–H groups in total. The van der Waals surface area contributed by atoms with Crippen LogP contribution in [0.2, 0.25) is 0 Å². The first-order valence-corrected chi connectivity index (χ1v) is 7.83. The third kappa shape index (κ3) is 3.19. The van der Waals surface area contributed by atoms with Crippen molar-refractivity contribution < 1.29 is 19.0 Å². The van der Waals surface area contributed by atoms with Crippen molar-refractivity contribution in [2.75, 3.05) is 26.2 Å². The number of hydrogen-bond acceptors (Lipinski definition) is 5. The largest absolute Gasteiger partial charge is 0.483 e. The molecular formula is C16H23FN2O3. The van der Waals surface area contributed by atoms with Crippen LogP contribution in [-0.2, 0) is 0 Å². The highest BCUT2D eigenvalue weighted by Gasteiger charge is 2.27. The smallest absolute Gasteiger partial charge is 0.197 e. The summed E-state index contributed by atoms with van der Waals surface area (Å²) in [5, 5.41) is 10.4. The molecular weight excluding hydrogens is 287 g/mol. The molecule has 0 saturated carbocycles. The lowest BCUT2D eigenvalue weighted by Gasteiger charge is -2.27. The predicted molar refractivity (Wildman–Crippen MR) is 80.6 cm³/mol. The minimum atomic E-state index is -0.929. The Labute approximate surface area is 129 Å². The number of aliphatic hydroxyl groups is 1. The van der Waals surface area contributed by atoms with Crippen LogP contribution in [0.3, 0.4) is 0 Å². The van der Waals surface area contributed by atoms with Crippen molar-refractivity contribution in [3.8, 4) is 11.5 Å². The number of nitrogens with zero attached hydrogens (tertiary/aromatic N) is 1. The number of halogens is 1. The van der Waals surface area contributed by atoms with Crippen molar-refractivity contribution in [3.05, 3.63) is 23.5 Å². The number of likely N-dealkylation sites (tertiary alicyclic amines) is 1. The topological polar surface area (TPSA) is 68.0 Å². The van der Waals surface area contributed by atoms with Crippen LogP contribution in [-0.4, -0.2) is 48.4 Å². The van der Waals surface area contributed by atoms with Gasteiger partial charge in [-0.05, 0) is 50.6 Å². The Bertz CT molecular complexity index is 534. The second kappa shape index (κ2) is 6.40. The molecule has 1 saturated heterocycles. The molecule has 3 atom stereocenters. The third-order valence-corrected chi connectivity index (χ3v) is 4.24. The van der Waals surface area contributed by atoms with Gasteiger partial charge in [0.05, 0.1) is 6.10 Å². The first kappa shape index (κ1) is 15.5. The summed E-state index contributed by atoms with van der Waals surface area (Å²) in [5.74, 6) is -0.0739. The van der Waals surface area contributed by atoms with E-state index in [-0.39, 0.29) is 11.9 Å². The van der Waals surface area contributed by atoms with E-state index >= 15 is 0 Å². The van der Waals surface area contributed by atoms with Gasteiger partial charge in [0.1, 0.15) is 12.7 Å². The van der Waals surface area contributed by atoms with Crippen LogP contribution in [0.1, 0.15) is 31.4 Å². The SMILES string of the molecule is CC1COc2c(F)cc(C(O)C(N)CN3CCCC3)cc2O1. The number of hydrogen-bond donors (Lipinski definition) is 2. The van der Waals surface area contributed by atoms with E-state index in [1.54, 1.807) is 6.07 Å². The molecule has 0 aliphatic carbocycles. The lowest BCUT2D eigenvalue weighted by molar-refractivity contribution is 0.0961. The molecule has 0 spiro atoms. The lowest BCUT2D eigenvalue weighted by atomic mass is 10.0. The molecule has 2 aliphatic rings. The Morgan fingerprint density at radius 3 is 2.86 bits per heavy atom. The molecule has 5 nitrogen and oxygen atoms in total. The molecule has 122 valence electrons. The van der Waals surface area contributed by atoms with Gasteiger partial charge in [-0.2, -0.15) is 0 Å². The molecule has 0 radical (unpaired) electrons. The maximum absolute atomic E-state index is 14.1. The van der Waals surface area contributed by atoms with Crippen molar-refractivity contribution >= 4 is 0 Å². The molecule has 2 aliphatic heterocycles. The highest BCUT2D eigenvalue weighted by atomic mass is 19.1. The van der Waals surface area contributed by atoms with Gasteiger partial charge < -0.3 is 25.2 Å². The minimum Gasteiger partial charge on any atom is -0.483 e. The summed E-state index contributed by atoms with van der Waals surface area (Å²) in [7, 11) is 0. The van der Waals surface area contributed by atoms with Crippen LogP contribution < -0.4 is 15.2 Å². The summed E-state index contributed by atoms with van der Waals surface area (Å²) in [4.78, 5) is 2.23. The van der Waals surface area contributed by atoms with E-state index in [4.69, 9.17) is 15.2 Å². The first-order valence-electron chi connectivity index (χ1n) is 7.83. The molecule has 6 heteroatoms. The van der Waals surface area contributed by atoms with Gasteiger partial charge in [-0.25, -0.2) is 4.39 Å². The number of aliphatic hydroxyl groups excluding tert-OH is 1. The van der Waals surface area contributed by atoms with Crippen molar-refractivity contribution in [1.82, 2.24) is 4.90 Å². The Hall–Kier alpha value is -1.37. The standard InChI is InChI=1S/C16H23FN2O3/c1-10-9-21-16-12(17)6-11(7-14(16)22-10)15(20)13(18)8-19-4-2-3-5-19/h6-7,10,13,15,20H,2-5,8-9,18H2,1H3. The second-order valence-electron chi connectivity index (χ2n) is 6.19. The van der Waals surface area contributed by atoms with E-state index in [1.807, 2.05) is 6.92 Å². The fraction of sp³-hybridized carbons (Fsp3) is 0.625. The van der Waals surface area contributed by atoms with Gasteiger partial charge in [0, 0.05) is 12.6 Å². The summed E-state index contributed by atoms with van der Waals surface area (Å²) in [6.45, 7) is 4.79. The highest BCUT2D eigenvalue weighted by Crippen LogP contribution is 2.37. The molecule has 0 aromatic heterocycles. The van der Waals surface area contributed by atoms with E-state index in [2.05, 4.69) is 4.90 Å². The zero-order valence-electron chi connectivity index (χ0n) is 12.8. The van der Waals surface area contributed by atoms with Crippen molar-refractivity contribution in [2.24, 2.45) is 5.73 Å². The average Bonchev–Trinajstić information content (AvgIpc) is 2.98. The zero-order chi connectivity index (χ0) is 15.7. The van der Waals surface area contributed by atoms with Crippen molar-refractivity contribution in [1.29, 1.82) is 0 Å². The molecule has 0 amide bonds. The Kier molecular flexibility index (Phi) is 4.52. The molecule has 1 aromatic rings. The molecule has 1 aromatic carbocycles. The fourth-order valence-electron chi connectivity index (χ4n) is 3.05. The summed E-state index contributed by atoms with van der Waals surface area (Å²) in [6.07, 6.45) is 1.26. The highest BCUT2D eigenvalue weighted by molar-refractivity contribution is 5.46. The number of ether oxygens (including phenoxy) is 2. The Balaban J connectivity index is 1.75. The van der Waals surface area contributed by atoms with Crippen molar-refractivity contribution in [2.45, 2.75) is 38.0 Å². The number of benzene rings is 1. The van der Waals surface area contributed by atoms with Gasteiger partial charge in [-0.15, -0.1) is 0 Å². The first-order chi connectivity index (χ1) is 10.5. The maximum Gasteiger partial charge on any atom is 0.197 e. The summed E-state index contributed by atoms with van der Waals surface area (Å²) in [6, 6.07) is 2.45. The van der Waals surface area contributed by atoms with Crippen LogP contribution in [0.4, 0.5) is 4.39 Å². The lowest BCUT2D eigenvalue weighted by Crippen LogP contribution is -2.40. The van der Waals surface area contributed by atoms with Gasteiger partial charge >= 0.3 is 0 Å². The van der Waals surface area contributed by atoms with Gasteiger partial charge in [0.15, 0.2) is 17.3 Å². The normalized spacial score (nSPS) is 24.3. The molecule has 2 heterocycles. The molecule has 22 heavy (non-hydrogen) atoms. The summed E-state index contributed by atoms with van der Waals surface area (Å²) < 4.78 is 25.1. The Morgan fingerprint density at radius 2 is 2.14 bits per heavy atom. The van der Waals surface area contributed by atoms with E-state index < -0.39 is 18.0 Å². The van der Waals surface area contributed by atoms with Crippen LogP contribution in [0, 0.1) is 5.82 Å². The van der Waals surface area contributed by atoms with E-state index in [1.165, 1.54) is 18.9 Å². The van der Waals surface area contributed by atoms with Gasteiger partial charge in [-0.1, -0.05) is 0 Å². The summed E-state index contributed by atoms with van der Waals surface area (Å²) in [5.41, 5.74) is 6.53. The Morgan fingerprint density at radius 1 is 1.41 bits per heavy atom. The molecule has 3 rings (SSSR count). The van der Waals surface area contributed by atoms with Gasteiger partial charge in [0.25, 0.3) is 0 Å². The number of fused-ring (bicyclic) bond motifs is 1. The van der Waals surface area contributed by atoms with Gasteiger partial charge in [-0.3, -0.25) is 0 Å². The monoisotopic (exact) mass is 310 g/mol. The maximum atomic E-state index is 14.1. The fourth-order valence-corrected chi connectivity index (χ4v) is 3.05. The second-order valence-corrected chi connectivity index (χ2v) is 6.19. The van der Waals surface area contributed by atoms with E-state index in [9.17, 15) is 9.50 Å².